The molecule has 3 rings (SSSR count). The van der Waals surface area contributed by atoms with E-state index in [1.807, 2.05) is 4.90 Å². The second kappa shape index (κ2) is 6.30. The van der Waals surface area contributed by atoms with Crippen LogP contribution in [0.15, 0.2) is 30.3 Å². The molecule has 1 aliphatic carbocycles. The second-order valence-electron chi connectivity index (χ2n) is 6.08. The maximum Gasteiger partial charge on any atom is 0.276 e. The van der Waals surface area contributed by atoms with Crippen molar-refractivity contribution in [2.24, 2.45) is 5.92 Å². The summed E-state index contributed by atoms with van der Waals surface area (Å²) >= 11 is 0. The topological polar surface area (TPSA) is 63.4 Å². The van der Waals surface area contributed by atoms with E-state index in [1.54, 1.807) is 24.3 Å². The number of benzene rings is 1. The molecule has 1 saturated heterocycles. The van der Waals surface area contributed by atoms with Gasteiger partial charge in [0.1, 0.15) is 0 Å². The minimum absolute atomic E-state index is 0.0208. The number of hydrogen-bond donors (Lipinski definition) is 0. The maximum atomic E-state index is 12.4. The van der Waals surface area contributed by atoms with E-state index in [9.17, 15) is 14.9 Å². The molecule has 2 unspecified atom stereocenters. The lowest BCUT2D eigenvalue weighted by Crippen LogP contribution is -2.38. The summed E-state index contributed by atoms with van der Waals surface area (Å²) < 4.78 is 0. The highest BCUT2D eigenvalue weighted by Gasteiger charge is 2.37. The van der Waals surface area contributed by atoms with Crippen LogP contribution in [0.2, 0.25) is 0 Å². The first-order valence-electron chi connectivity index (χ1n) is 7.89. The van der Waals surface area contributed by atoms with E-state index in [4.69, 9.17) is 0 Å². The van der Waals surface area contributed by atoms with Gasteiger partial charge in [0.2, 0.25) is 5.91 Å². The third kappa shape index (κ3) is 2.89. The molecule has 22 heavy (non-hydrogen) atoms. The molecule has 0 aromatic heterocycles. The number of nitrogens with zero attached hydrogens (tertiary/aromatic N) is 2. The molecule has 0 spiro atoms. The van der Waals surface area contributed by atoms with Crippen LogP contribution in [0.3, 0.4) is 0 Å². The molecule has 5 heteroatoms. The fourth-order valence-corrected chi connectivity index (χ4v) is 3.73. The van der Waals surface area contributed by atoms with Crippen molar-refractivity contribution in [1.29, 1.82) is 0 Å². The van der Waals surface area contributed by atoms with E-state index < -0.39 is 4.92 Å². The zero-order valence-corrected chi connectivity index (χ0v) is 12.5. The third-order valence-corrected chi connectivity index (χ3v) is 4.83. The molecular formula is C17H20N2O3. The van der Waals surface area contributed by atoms with Gasteiger partial charge in [0.05, 0.1) is 10.5 Å². The molecule has 1 saturated carbocycles. The van der Waals surface area contributed by atoms with Gasteiger partial charge in [-0.3, -0.25) is 14.9 Å². The number of fused-ring (bicyclic) bond motifs is 1. The average Bonchev–Trinajstić information content (AvgIpc) is 2.97. The minimum Gasteiger partial charge on any atom is -0.336 e. The van der Waals surface area contributed by atoms with Crippen LogP contribution in [0.4, 0.5) is 5.69 Å². The smallest absolute Gasteiger partial charge is 0.276 e. The van der Waals surface area contributed by atoms with Crippen LogP contribution in [-0.4, -0.2) is 28.3 Å². The second-order valence-corrected chi connectivity index (χ2v) is 6.08. The number of rotatable bonds is 3. The van der Waals surface area contributed by atoms with Crippen molar-refractivity contribution in [2.75, 3.05) is 6.54 Å². The van der Waals surface area contributed by atoms with E-state index in [0.29, 0.717) is 17.5 Å². The van der Waals surface area contributed by atoms with E-state index in [0.717, 1.165) is 19.4 Å². The van der Waals surface area contributed by atoms with Crippen molar-refractivity contribution in [2.45, 2.75) is 38.1 Å². The van der Waals surface area contributed by atoms with Gasteiger partial charge in [-0.25, -0.2) is 0 Å². The largest absolute Gasteiger partial charge is 0.336 e. The zero-order valence-electron chi connectivity index (χ0n) is 12.5. The Morgan fingerprint density at radius 1 is 1.23 bits per heavy atom. The molecule has 1 heterocycles. The predicted octanol–water partition coefficient (Wildman–Crippen LogP) is 3.40. The number of likely N-dealkylation sites (tertiary alicyclic amines) is 1. The standard InChI is InChI=1S/C17H20N2O3/c20-17(18-12-11-14-6-1-3-7-15(14)18)10-9-13-5-2-4-8-16(13)19(21)22/h2,4-5,8-10,14-15H,1,3,6-7,11-12H2. The summed E-state index contributed by atoms with van der Waals surface area (Å²) in [5.74, 6) is 0.629. The van der Waals surface area contributed by atoms with Crippen molar-refractivity contribution >= 4 is 17.7 Å². The predicted molar refractivity (Wildman–Crippen MR) is 84.2 cm³/mol. The Kier molecular flexibility index (Phi) is 4.22. The summed E-state index contributed by atoms with van der Waals surface area (Å²) in [7, 11) is 0. The van der Waals surface area contributed by atoms with Crippen LogP contribution in [0.25, 0.3) is 6.08 Å². The maximum absolute atomic E-state index is 12.4. The summed E-state index contributed by atoms with van der Waals surface area (Å²) in [6.45, 7) is 0.815. The van der Waals surface area contributed by atoms with Gasteiger partial charge in [0.25, 0.3) is 5.69 Å². The molecule has 1 aromatic rings. The lowest BCUT2D eigenvalue weighted by atomic mass is 9.85. The summed E-state index contributed by atoms with van der Waals surface area (Å²) in [6, 6.07) is 6.86. The summed E-state index contributed by atoms with van der Waals surface area (Å²) in [5.41, 5.74) is 0.503. The van der Waals surface area contributed by atoms with E-state index in [-0.39, 0.29) is 11.6 Å². The van der Waals surface area contributed by atoms with Crippen LogP contribution in [0.1, 0.15) is 37.7 Å². The Labute approximate surface area is 129 Å². The summed E-state index contributed by atoms with van der Waals surface area (Å²) in [6.07, 6.45) is 8.93. The van der Waals surface area contributed by atoms with E-state index >= 15 is 0 Å². The first kappa shape index (κ1) is 14.8. The number of carbonyl (C=O) groups is 1. The Morgan fingerprint density at radius 3 is 2.82 bits per heavy atom. The molecule has 116 valence electrons. The van der Waals surface area contributed by atoms with Crippen LogP contribution in [0.5, 0.6) is 0 Å². The molecule has 1 amide bonds. The Bertz CT molecular complexity index is 612. The number of nitro benzene ring substituents is 1. The van der Waals surface area contributed by atoms with Crippen molar-refractivity contribution in [1.82, 2.24) is 4.90 Å². The van der Waals surface area contributed by atoms with E-state index in [2.05, 4.69) is 0 Å². The van der Waals surface area contributed by atoms with Gasteiger partial charge in [-0.05, 0) is 37.3 Å². The normalized spacial score (nSPS) is 24.5. The highest BCUT2D eigenvalue weighted by molar-refractivity contribution is 5.92. The third-order valence-electron chi connectivity index (χ3n) is 4.83. The van der Waals surface area contributed by atoms with Crippen LogP contribution >= 0.6 is 0 Å². The molecule has 2 atom stereocenters. The SMILES string of the molecule is O=C(C=Cc1ccccc1[N+](=O)[O-])N1CCC2CCCCC21. The Balaban J connectivity index is 1.73. The molecule has 1 aromatic carbocycles. The molecule has 2 aliphatic rings. The molecule has 2 fully saturated rings. The van der Waals surface area contributed by atoms with Gasteiger partial charge in [-0.1, -0.05) is 25.0 Å². The molecular weight excluding hydrogens is 280 g/mol. The number of carbonyl (C=O) groups excluding carboxylic acids is 1. The van der Waals surface area contributed by atoms with Crippen molar-refractivity contribution in [3.63, 3.8) is 0 Å². The van der Waals surface area contributed by atoms with Crippen LogP contribution < -0.4 is 0 Å². The van der Waals surface area contributed by atoms with Crippen molar-refractivity contribution < 1.29 is 9.72 Å². The van der Waals surface area contributed by atoms with Gasteiger partial charge in [-0.15, -0.1) is 0 Å². The number of amides is 1. The Hall–Kier alpha value is -2.17. The fourth-order valence-electron chi connectivity index (χ4n) is 3.73. The van der Waals surface area contributed by atoms with Crippen molar-refractivity contribution in [3.8, 4) is 0 Å². The molecule has 0 radical (unpaired) electrons. The van der Waals surface area contributed by atoms with Gasteiger partial charge in [-0.2, -0.15) is 0 Å². The first-order valence-corrected chi connectivity index (χ1v) is 7.89. The van der Waals surface area contributed by atoms with Crippen LogP contribution in [0, 0.1) is 16.0 Å². The molecule has 1 aliphatic heterocycles. The monoisotopic (exact) mass is 300 g/mol. The minimum atomic E-state index is -0.419. The first-order chi connectivity index (χ1) is 10.7. The van der Waals surface area contributed by atoms with E-state index in [1.165, 1.54) is 31.4 Å². The molecule has 5 nitrogen and oxygen atoms in total. The quantitative estimate of drug-likeness (QED) is 0.488. The summed E-state index contributed by atoms with van der Waals surface area (Å²) in [5, 5.41) is 11.0. The van der Waals surface area contributed by atoms with Crippen LogP contribution in [-0.2, 0) is 4.79 Å². The zero-order chi connectivity index (χ0) is 15.5. The van der Waals surface area contributed by atoms with Gasteiger partial charge in [0.15, 0.2) is 0 Å². The van der Waals surface area contributed by atoms with Crippen molar-refractivity contribution in [3.05, 3.63) is 46.0 Å². The highest BCUT2D eigenvalue weighted by atomic mass is 16.6. The fraction of sp³-hybridized carbons (Fsp3) is 0.471. The number of hydrogen-bond acceptors (Lipinski definition) is 3. The molecule has 0 N–H and O–H groups in total. The lowest BCUT2D eigenvalue weighted by Gasteiger charge is -2.31. The highest BCUT2D eigenvalue weighted by Crippen LogP contribution is 2.36. The molecule has 0 bridgehead atoms. The van der Waals surface area contributed by atoms with Gasteiger partial charge >= 0.3 is 0 Å². The Morgan fingerprint density at radius 2 is 2.00 bits per heavy atom. The lowest BCUT2D eigenvalue weighted by molar-refractivity contribution is -0.385. The number of para-hydroxylation sites is 1. The van der Waals surface area contributed by atoms with Gasteiger partial charge in [0, 0.05) is 24.7 Å². The summed E-state index contributed by atoms with van der Waals surface area (Å²) in [4.78, 5) is 24.9. The van der Waals surface area contributed by atoms with Gasteiger partial charge < -0.3 is 4.90 Å². The number of nitro groups is 1. The average molecular weight is 300 g/mol.